The van der Waals surface area contributed by atoms with Gasteiger partial charge in [0.25, 0.3) is 11.8 Å². The van der Waals surface area contributed by atoms with Crippen LogP contribution in [0.5, 0.6) is 5.75 Å². The highest BCUT2D eigenvalue weighted by molar-refractivity contribution is 6.23. The van der Waals surface area contributed by atoms with Gasteiger partial charge in [0.15, 0.2) is 0 Å². The molecule has 0 saturated carbocycles. The molecule has 6 amide bonds. The van der Waals surface area contributed by atoms with E-state index in [1.807, 2.05) is 43.3 Å². The number of imide groups is 2. The highest BCUT2D eigenvalue weighted by atomic mass is 19.1. The predicted molar refractivity (Wildman–Crippen MR) is 240 cm³/mol. The molecule has 66 heavy (non-hydrogen) atoms. The molecule has 3 atom stereocenters. The molecule has 3 N–H and O–H groups in total. The lowest BCUT2D eigenvalue weighted by atomic mass is 9.94. The molecule has 3 saturated heterocycles. The van der Waals surface area contributed by atoms with E-state index in [2.05, 4.69) is 30.7 Å². The molecule has 0 radical (unpaired) electrons. The Labute approximate surface area is 380 Å². The van der Waals surface area contributed by atoms with Crippen LogP contribution in [0.15, 0.2) is 85.2 Å². The van der Waals surface area contributed by atoms with Gasteiger partial charge in [0.2, 0.25) is 17.8 Å². The van der Waals surface area contributed by atoms with Crippen molar-refractivity contribution in [1.82, 2.24) is 45.1 Å². The number of benzene rings is 3. The fourth-order valence-electron chi connectivity index (χ4n) is 9.11. The Morgan fingerprint density at radius 3 is 2.36 bits per heavy atom. The van der Waals surface area contributed by atoms with E-state index < -0.39 is 35.7 Å². The summed E-state index contributed by atoms with van der Waals surface area (Å²) in [7, 11) is 1.65. The van der Waals surface area contributed by atoms with Crippen molar-refractivity contribution in [2.24, 2.45) is 0 Å². The number of carbonyl (C=O) groups is 5. The van der Waals surface area contributed by atoms with E-state index in [0.29, 0.717) is 81.3 Å². The average Bonchev–Trinajstić information content (AvgIpc) is 3.96. The fourth-order valence-corrected chi connectivity index (χ4v) is 9.11. The summed E-state index contributed by atoms with van der Waals surface area (Å²) in [5.41, 5.74) is 3.97. The van der Waals surface area contributed by atoms with Crippen molar-refractivity contribution in [3.63, 3.8) is 0 Å². The van der Waals surface area contributed by atoms with Crippen LogP contribution in [-0.4, -0.2) is 149 Å². The number of ether oxygens (including phenoxy) is 2. The van der Waals surface area contributed by atoms with Crippen LogP contribution < -0.4 is 25.6 Å². The minimum atomic E-state index is -1.03. The molecule has 5 aromatic rings. The number of hydrogen-bond donors (Lipinski definition) is 3. The van der Waals surface area contributed by atoms with E-state index in [1.165, 1.54) is 24.3 Å². The first-order valence-corrected chi connectivity index (χ1v) is 22.0. The second kappa shape index (κ2) is 19.2. The molecule has 342 valence electrons. The second-order valence-corrected chi connectivity index (χ2v) is 16.8. The SMILES string of the molecule is COCCN1C[C@@H](NC(=O)Nc2c(C)c(-c3cnc(N4CCN(CCOc5ccc6c(c5)C(=O)N(C5CCC(=O)NC5=O)C6=O)CC4)nc3)nn2-c2ccccc2)[C@H](c2cccc(F)c2)C1. The highest BCUT2D eigenvalue weighted by Gasteiger charge is 2.45. The summed E-state index contributed by atoms with van der Waals surface area (Å²) < 4.78 is 27.3. The van der Waals surface area contributed by atoms with Gasteiger partial charge in [-0.3, -0.25) is 44.5 Å². The summed E-state index contributed by atoms with van der Waals surface area (Å²) in [5, 5.41) is 13.4. The maximum Gasteiger partial charge on any atom is 0.320 e. The zero-order chi connectivity index (χ0) is 45.9. The number of piperidine rings is 1. The lowest BCUT2D eigenvalue weighted by Gasteiger charge is -2.34. The first-order chi connectivity index (χ1) is 32.0. The summed E-state index contributed by atoms with van der Waals surface area (Å²) in [4.78, 5) is 81.1. The summed E-state index contributed by atoms with van der Waals surface area (Å²) in [6, 6.07) is 19.1. The standard InChI is InChI=1S/C47H50FN11O7/c1-29-41(54-59(33-9-4-3-5-10-33)42(29)53-47(64)51-38-28-56(19-21-65-2)27-37(38)30-7-6-8-32(48)23-30)31-25-49-46(50-26-31)57-17-15-55(16-18-57)20-22-66-34-11-12-35-36(24-34)45(63)58(44(35)62)39-13-14-40(60)52-43(39)61/h3-12,23-26,37-39H,13-22,27-28H2,1-2H3,(H2,51,53,64)(H,52,60,61)/t37-,38+,39?/m0/s1. The first-order valence-electron chi connectivity index (χ1n) is 22.0. The number of urea groups is 1. The molecule has 0 aliphatic carbocycles. The molecule has 3 aromatic carbocycles. The minimum Gasteiger partial charge on any atom is -0.492 e. The van der Waals surface area contributed by atoms with Crippen molar-refractivity contribution in [2.75, 3.05) is 82.9 Å². The zero-order valence-electron chi connectivity index (χ0n) is 36.6. The second-order valence-electron chi connectivity index (χ2n) is 16.8. The third kappa shape index (κ3) is 9.22. The van der Waals surface area contributed by atoms with Gasteiger partial charge in [0.05, 0.1) is 29.5 Å². The topological polar surface area (TPSA) is 196 Å². The van der Waals surface area contributed by atoms with Crippen molar-refractivity contribution in [3.05, 3.63) is 113 Å². The van der Waals surface area contributed by atoms with Crippen molar-refractivity contribution in [2.45, 2.75) is 37.8 Å². The molecule has 0 bridgehead atoms. The van der Waals surface area contributed by atoms with E-state index in [-0.39, 0.29) is 41.7 Å². The maximum absolute atomic E-state index is 14.3. The van der Waals surface area contributed by atoms with Crippen molar-refractivity contribution in [3.8, 4) is 22.7 Å². The smallest absolute Gasteiger partial charge is 0.320 e. The number of amides is 6. The maximum atomic E-state index is 14.3. The summed E-state index contributed by atoms with van der Waals surface area (Å²) >= 11 is 0. The number of nitrogens with zero attached hydrogens (tertiary/aromatic N) is 8. The molecule has 19 heteroatoms. The Kier molecular flexibility index (Phi) is 12.8. The number of carbonyl (C=O) groups excluding carboxylic acids is 5. The Bertz CT molecular complexity index is 2640. The number of piperazine rings is 1. The number of nitrogens with one attached hydrogen (secondary N) is 3. The number of fused-ring (bicyclic) bond motifs is 1. The number of para-hydroxylation sites is 1. The third-order valence-electron chi connectivity index (χ3n) is 12.6. The molecule has 9 rings (SSSR count). The molecule has 4 aliphatic heterocycles. The normalized spacial score (nSPS) is 20.1. The van der Waals surface area contributed by atoms with Crippen LogP contribution in [0, 0.1) is 12.7 Å². The fraction of sp³-hybridized carbons (Fsp3) is 0.362. The summed E-state index contributed by atoms with van der Waals surface area (Å²) in [5.74, 6) is -1.15. The van der Waals surface area contributed by atoms with Crippen molar-refractivity contribution in [1.29, 1.82) is 0 Å². The molecule has 0 spiro atoms. The Morgan fingerprint density at radius 2 is 1.62 bits per heavy atom. The molecular formula is C47H50FN11O7. The van der Waals surface area contributed by atoms with Crippen molar-refractivity contribution < 1.29 is 37.8 Å². The Hall–Kier alpha value is -7.09. The lowest BCUT2D eigenvalue weighted by molar-refractivity contribution is -0.136. The van der Waals surface area contributed by atoms with Gasteiger partial charge in [-0.25, -0.2) is 23.8 Å². The van der Waals surface area contributed by atoms with Gasteiger partial charge >= 0.3 is 6.03 Å². The van der Waals surface area contributed by atoms with Crippen LogP contribution >= 0.6 is 0 Å². The number of hydrogen-bond acceptors (Lipinski definition) is 13. The number of halogens is 1. The van der Waals surface area contributed by atoms with Crippen LogP contribution in [0.2, 0.25) is 0 Å². The van der Waals surface area contributed by atoms with Crippen molar-refractivity contribution >= 4 is 41.4 Å². The van der Waals surface area contributed by atoms with Gasteiger partial charge in [-0.1, -0.05) is 30.3 Å². The van der Waals surface area contributed by atoms with Gasteiger partial charge in [-0.15, -0.1) is 0 Å². The molecule has 4 aliphatic rings. The summed E-state index contributed by atoms with van der Waals surface area (Å²) in [6.45, 7) is 8.16. The van der Waals surface area contributed by atoms with E-state index in [4.69, 9.17) is 24.5 Å². The van der Waals surface area contributed by atoms with Gasteiger partial charge in [0.1, 0.15) is 35.7 Å². The zero-order valence-corrected chi connectivity index (χ0v) is 36.6. The Balaban J connectivity index is 0.811. The monoisotopic (exact) mass is 899 g/mol. The largest absolute Gasteiger partial charge is 0.492 e. The number of rotatable bonds is 14. The van der Waals surface area contributed by atoms with Crippen LogP contribution in [0.1, 0.15) is 50.6 Å². The number of aromatic nitrogens is 4. The predicted octanol–water partition coefficient (Wildman–Crippen LogP) is 3.61. The van der Waals surface area contributed by atoms with Gasteiger partial charge < -0.3 is 19.7 Å². The van der Waals surface area contributed by atoms with Gasteiger partial charge in [0, 0.05) is 95.3 Å². The van der Waals surface area contributed by atoms with Gasteiger partial charge in [-0.2, -0.15) is 5.10 Å². The summed E-state index contributed by atoms with van der Waals surface area (Å²) in [6.07, 6.45) is 3.63. The molecule has 18 nitrogen and oxygen atoms in total. The Morgan fingerprint density at radius 1 is 0.864 bits per heavy atom. The molecule has 2 aromatic heterocycles. The van der Waals surface area contributed by atoms with Crippen LogP contribution in [0.3, 0.4) is 0 Å². The number of likely N-dealkylation sites (tertiary alicyclic amines) is 1. The average molecular weight is 900 g/mol. The first kappa shape index (κ1) is 44.1. The highest BCUT2D eigenvalue weighted by Crippen LogP contribution is 2.33. The third-order valence-corrected chi connectivity index (χ3v) is 12.6. The van der Waals surface area contributed by atoms with Crippen LogP contribution in [0.25, 0.3) is 16.9 Å². The number of methoxy groups -OCH3 is 1. The quantitative estimate of drug-likeness (QED) is 0.137. The lowest BCUT2D eigenvalue weighted by Crippen LogP contribution is -2.54. The van der Waals surface area contributed by atoms with E-state index in [1.54, 1.807) is 36.3 Å². The van der Waals surface area contributed by atoms with Crippen LogP contribution in [0.4, 0.5) is 21.0 Å². The van der Waals surface area contributed by atoms with E-state index in [0.717, 1.165) is 34.8 Å². The van der Waals surface area contributed by atoms with Crippen LogP contribution in [-0.2, 0) is 14.3 Å². The van der Waals surface area contributed by atoms with E-state index >= 15 is 0 Å². The van der Waals surface area contributed by atoms with Gasteiger partial charge in [-0.05, 0) is 61.4 Å². The van der Waals surface area contributed by atoms with E-state index in [9.17, 15) is 28.4 Å². The molecular weight excluding hydrogens is 850 g/mol. The molecule has 6 heterocycles. The molecule has 3 fully saturated rings. The number of anilines is 2. The molecule has 1 unspecified atom stereocenters. The minimum absolute atomic E-state index is 0.0533.